The lowest BCUT2D eigenvalue weighted by atomic mass is 10.2. The summed E-state index contributed by atoms with van der Waals surface area (Å²) in [6.45, 7) is 4.82. The Labute approximate surface area is 146 Å². The minimum atomic E-state index is -3.58. The Bertz CT molecular complexity index is 827. The molecular formula is C15H19ClN4O3S. The predicted octanol–water partition coefficient (Wildman–Crippen LogP) is 1.87. The van der Waals surface area contributed by atoms with Crippen molar-refractivity contribution in [2.24, 2.45) is 0 Å². The van der Waals surface area contributed by atoms with Crippen LogP contribution in [-0.2, 0) is 21.2 Å². The maximum Gasteiger partial charge on any atom is 0.267 e. The van der Waals surface area contributed by atoms with Crippen LogP contribution >= 0.6 is 11.6 Å². The van der Waals surface area contributed by atoms with Gasteiger partial charge in [-0.25, -0.2) is 13.1 Å². The molecule has 0 saturated carbocycles. The van der Waals surface area contributed by atoms with E-state index in [1.54, 1.807) is 29.2 Å². The van der Waals surface area contributed by atoms with Crippen molar-refractivity contribution in [2.75, 3.05) is 19.3 Å². The average molecular weight is 371 g/mol. The number of nitrogens with zero attached hydrogens (tertiary/aromatic N) is 4. The van der Waals surface area contributed by atoms with Crippen LogP contribution in [0.1, 0.15) is 13.8 Å². The van der Waals surface area contributed by atoms with Gasteiger partial charge in [0, 0.05) is 29.9 Å². The Balaban J connectivity index is 2.47. The van der Waals surface area contributed by atoms with Crippen molar-refractivity contribution in [2.45, 2.75) is 25.5 Å². The highest BCUT2D eigenvalue weighted by Gasteiger charge is 2.21. The van der Waals surface area contributed by atoms with Crippen LogP contribution in [0, 0.1) is 0 Å². The third-order valence-corrected chi connectivity index (χ3v) is 4.58. The molecule has 0 unspecified atom stereocenters. The van der Waals surface area contributed by atoms with E-state index in [-0.39, 0.29) is 17.6 Å². The van der Waals surface area contributed by atoms with E-state index in [0.717, 1.165) is 6.26 Å². The van der Waals surface area contributed by atoms with Crippen molar-refractivity contribution < 1.29 is 13.2 Å². The fourth-order valence-corrected chi connectivity index (χ4v) is 2.83. The second-order valence-corrected chi connectivity index (χ2v) is 7.57. The summed E-state index contributed by atoms with van der Waals surface area (Å²) in [4.78, 5) is 18.1. The van der Waals surface area contributed by atoms with Gasteiger partial charge < -0.3 is 4.90 Å². The number of benzene rings is 1. The summed E-state index contributed by atoms with van der Waals surface area (Å²) in [6, 6.07) is 6.75. The van der Waals surface area contributed by atoms with Crippen molar-refractivity contribution in [3.05, 3.63) is 29.3 Å². The fraction of sp³-hybridized carbons (Fsp3) is 0.400. The largest absolute Gasteiger partial charge is 0.342 e. The molecule has 0 radical (unpaired) electrons. The first-order valence-corrected chi connectivity index (χ1v) is 9.71. The van der Waals surface area contributed by atoms with Gasteiger partial charge in [-0.2, -0.15) is 4.98 Å². The Hall–Kier alpha value is -1.93. The molecule has 0 aliphatic carbocycles. The van der Waals surface area contributed by atoms with Crippen molar-refractivity contribution >= 4 is 27.3 Å². The van der Waals surface area contributed by atoms with Crippen LogP contribution in [0.3, 0.4) is 0 Å². The summed E-state index contributed by atoms with van der Waals surface area (Å²) in [5.74, 6) is 0.160. The molecule has 0 saturated heterocycles. The van der Waals surface area contributed by atoms with E-state index in [2.05, 4.69) is 10.1 Å². The molecule has 0 atom stereocenters. The van der Waals surface area contributed by atoms with E-state index < -0.39 is 9.84 Å². The van der Waals surface area contributed by atoms with Gasteiger partial charge in [-0.05, 0) is 38.1 Å². The zero-order valence-corrected chi connectivity index (χ0v) is 15.3. The molecular weight excluding hydrogens is 352 g/mol. The molecule has 0 N–H and O–H groups in total. The number of carbonyl (C=O) groups is 1. The Morgan fingerprint density at radius 2 is 1.79 bits per heavy atom. The minimum Gasteiger partial charge on any atom is -0.342 e. The molecule has 1 aromatic heterocycles. The van der Waals surface area contributed by atoms with Gasteiger partial charge in [0.15, 0.2) is 5.82 Å². The summed E-state index contributed by atoms with van der Waals surface area (Å²) in [6.07, 6.45) is 1.03. The normalized spacial score (nSPS) is 11.5. The Morgan fingerprint density at radius 3 is 2.29 bits per heavy atom. The van der Waals surface area contributed by atoms with Crippen molar-refractivity contribution in [1.82, 2.24) is 19.7 Å². The average Bonchev–Trinajstić information content (AvgIpc) is 2.93. The fourth-order valence-electron chi connectivity index (χ4n) is 2.21. The highest BCUT2D eigenvalue weighted by atomic mass is 35.5. The van der Waals surface area contributed by atoms with Crippen molar-refractivity contribution in [1.29, 1.82) is 0 Å². The Morgan fingerprint density at radius 1 is 1.21 bits per heavy atom. The summed E-state index contributed by atoms with van der Waals surface area (Å²) < 4.78 is 24.8. The van der Waals surface area contributed by atoms with Crippen LogP contribution in [0.15, 0.2) is 29.4 Å². The molecule has 7 nitrogen and oxygen atoms in total. The number of halogens is 1. The summed E-state index contributed by atoms with van der Waals surface area (Å²) >= 11 is 5.88. The lowest BCUT2D eigenvalue weighted by Crippen LogP contribution is -2.33. The molecule has 9 heteroatoms. The van der Waals surface area contributed by atoms with Gasteiger partial charge in [-0.3, -0.25) is 4.79 Å². The van der Waals surface area contributed by atoms with Crippen molar-refractivity contribution in [3.8, 4) is 11.4 Å². The monoisotopic (exact) mass is 370 g/mol. The van der Waals surface area contributed by atoms with Gasteiger partial charge in [0.25, 0.3) is 5.16 Å². The van der Waals surface area contributed by atoms with Crippen LogP contribution in [0.5, 0.6) is 0 Å². The van der Waals surface area contributed by atoms with Crippen LogP contribution in [-0.4, -0.2) is 53.3 Å². The van der Waals surface area contributed by atoms with Gasteiger partial charge in [0.1, 0.15) is 6.54 Å². The second-order valence-electron chi connectivity index (χ2n) is 5.22. The second kappa shape index (κ2) is 7.31. The molecule has 1 aromatic carbocycles. The molecule has 130 valence electrons. The van der Waals surface area contributed by atoms with Gasteiger partial charge >= 0.3 is 0 Å². The predicted molar refractivity (Wildman–Crippen MR) is 91.5 cm³/mol. The maximum atomic E-state index is 12.3. The van der Waals surface area contributed by atoms with E-state index >= 15 is 0 Å². The topological polar surface area (TPSA) is 85.2 Å². The highest BCUT2D eigenvalue weighted by Crippen LogP contribution is 2.21. The first-order valence-electron chi connectivity index (χ1n) is 7.44. The first kappa shape index (κ1) is 18.4. The minimum absolute atomic E-state index is 0.0812. The maximum absolute atomic E-state index is 12.3. The van der Waals surface area contributed by atoms with Crippen LogP contribution < -0.4 is 0 Å². The number of hydrogen-bond donors (Lipinski definition) is 0. The van der Waals surface area contributed by atoms with Gasteiger partial charge in [0.2, 0.25) is 15.7 Å². The zero-order valence-electron chi connectivity index (χ0n) is 13.7. The van der Waals surface area contributed by atoms with Gasteiger partial charge in [0.05, 0.1) is 0 Å². The first-order chi connectivity index (χ1) is 11.3. The number of likely N-dealkylation sites (N-methyl/N-ethyl adjacent to an activating group) is 1. The van der Waals surface area contributed by atoms with E-state index in [0.29, 0.717) is 29.5 Å². The van der Waals surface area contributed by atoms with Crippen LogP contribution in [0.25, 0.3) is 11.4 Å². The van der Waals surface area contributed by atoms with Gasteiger partial charge in [-0.15, -0.1) is 5.10 Å². The third kappa shape index (κ3) is 4.12. The molecule has 1 amide bonds. The van der Waals surface area contributed by atoms with E-state index in [9.17, 15) is 13.2 Å². The quantitative estimate of drug-likeness (QED) is 0.774. The van der Waals surface area contributed by atoms with E-state index in [1.807, 2.05) is 13.8 Å². The molecule has 0 fully saturated rings. The lowest BCUT2D eigenvalue weighted by molar-refractivity contribution is -0.131. The number of carbonyl (C=O) groups excluding carboxylic acids is 1. The molecule has 0 aliphatic heterocycles. The molecule has 0 spiro atoms. The highest BCUT2D eigenvalue weighted by molar-refractivity contribution is 7.90. The molecule has 0 bridgehead atoms. The molecule has 24 heavy (non-hydrogen) atoms. The smallest absolute Gasteiger partial charge is 0.267 e. The standard InChI is InChI=1S/C15H19ClN4O3S/c1-4-19(5-2)13(21)10-20-14(11-6-8-12(16)9-7-11)17-15(18-20)24(3,22)23/h6-9H,4-5,10H2,1-3H3. The Kier molecular flexibility index (Phi) is 5.61. The van der Waals surface area contributed by atoms with Crippen LogP contribution in [0.4, 0.5) is 0 Å². The zero-order chi connectivity index (χ0) is 17.9. The van der Waals surface area contributed by atoms with Crippen LogP contribution in [0.2, 0.25) is 5.02 Å². The molecule has 1 heterocycles. The lowest BCUT2D eigenvalue weighted by Gasteiger charge is -2.18. The molecule has 2 rings (SSSR count). The molecule has 0 aliphatic rings. The summed E-state index contributed by atoms with van der Waals surface area (Å²) in [7, 11) is -3.58. The number of amides is 1. The van der Waals surface area contributed by atoms with Crippen molar-refractivity contribution in [3.63, 3.8) is 0 Å². The van der Waals surface area contributed by atoms with Gasteiger partial charge in [-0.1, -0.05) is 11.6 Å². The summed E-state index contributed by atoms with van der Waals surface area (Å²) in [5, 5.41) is 4.25. The third-order valence-electron chi connectivity index (χ3n) is 3.49. The van der Waals surface area contributed by atoms with E-state index in [4.69, 9.17) is 11.6 Å². The SMILES string of the molecule is CCN(CC)C(=O)Cn1nc(S(C)(=O)=O)nc1-c1ccc(Cl)cc1. The van der Waals surface area contributed by atoms with E-state index in [1.165, 1.54) is 4.68 Å². The summed E-state index contributed by atoms with van der Waals surface area (Å²) in [5.41, 5.74) is 0.633. The number of rotatable bonds is 6. The number of hydrogen-bond acceptors (Lipinski definition) is 5. The molecule has 2 aromatic rings. The number of aromatic nitrogens is 3. The number of sulfone groups is 1.